The molecule has 2 N–H and O–H groups in total. The molecule has 0 radical (unpaired) electrons. The van der Waals surface area contributed by atoms with Gasteiger partial charge < -0.3 is 10.4 Å². The molecule has 2 aliphatic rings. The summed E-state index contributed by atoms with van der Waals surface area (Å²) in [6.45, 7) is 5.93. The molecule has 5 nitrogen and oxygen atoms in total. The number of rotatable bonds is 7. The molecule has 1 heterocycles. The number of hydrogen-bond donors (Lipinski definition) is 2. The predicted molar refractivity (Wildman–Crippen MR) is 96.0 cm³/mol. The highest BCUT2D eigenvalue weighted by Gasteiger charge is 2.32. The Morgan fingerprint density at radius 1 is 1.36 bits per heavy atom. The van der Waals surface area contributed by atoms with Crippen LogP contribution >= 0.6 is 0 Å². The van der Waals surface area contributed by atoms with Gasteiger partial charge in [-0.05, 0) is 49.8 Å². The van der Waals surface area contributed by atoms with Crippen molar-refractivity contribution in [3.05, 3.63) is 29.6 Å². The Bertz CT molecular complexity index is 606. The van der Waals surface area contributed by atoms with E-state index in [4.69, 9.17) is 0 Å². The summed E-state index contributed by atoms with van der Waals surface area (Å²) < 4.78 is 13.8. The van der Waals surface area contributed by atoms with Crippen molar-refractivity contribution in [3.63, 3.8) is 0 Å². The van der Waals surface area contributed by atoms with E-state index in [9.17, 15) is 14.3 Å². The molecule has 0 bridgehead atoms. The zero-order chi connectivity index (χ0) is 17.8. The second-order valence-corrected chi connectivity index (χ2v) is 7.37. The van der Waals surface area contributed by atoms with E-state index in [1.54, 1.807) is 12.1 Å². The maximum Gasteiger partial charge on any atom is 0.238 e. The smallest absolute Gasteiger partial charge is 0.238 e. The summed E-state index contributed by atoms with van der Waals surface area (Å²) in [4.78, 5) is 16.9. The van der Waals surface area contributed by atoms with E-state index in [1.165, 1.54) is 18.9 Å². The number of carbonyl (C=O) groups excluding carboxylic acids is 1. The highest BCUT2D eigenvalue weighted by Crippen LogP contribution is 2.31. The number of nitrogens with one attached hydrogen (secondary N) is 1. The summed E-state index contributed by atoms with van der Waals surface area (Å²) in [5.41, 5.74) is 1.15. The molecular weight excluding hydrogens is 321 g/mol. The van der Waals surface area contributed by atoms with Gasteiger partial charge >= 0.3 is 0 Å². The number of piperazine rings is 1. The fourth-order valence-electron chi connectivity index (χ4n) is 3.52. The summed E-state index contributed by atoms with van der Waals surface area (Å²) in [6.07, 6.45) is 3.37. The van der Waals surface area contributed by atoms with Gasteiger partial charge in [-0.25, -0.2) is 4.39 Å². The number of aliphatic hydroxyl groups is 1. The number of benzene rings is 1. The number of carbonyl (C=O) groups is 1. The first-order valence-corrected chi connectivity index (χ1v) is 9.18. The van der Waals surface area contributed by atoms with E-state index in [0.29, 0.717) is 6.04 Å². The first-order chi connectivity index (χ1) is 12.0. The Kier molecular flexibility index (Phi) is 6.04. The largest absolute Gasteiger partial charge is 0.396 e. The van der Waals surface area contributed by atoms with Gasteiger partial charge in [0.25, 0.3) is 0 Å². The number of hydrogen-bond acceptors (Lipinski definition) is 4. The van der Waals surface area contributed by atoms with E-state index >= 15 is 0 Å². The predicted octanol–water partition coefficient (Wildman–Crippen LogP) is 1.85. The fraction of sp³-hybridized carbons (Fsp3) is 0.632. The normalized spacial score (nSPS) is 22.1. The summed E-state index contributed by atoms with van der Waals surface area (Å²) in [6, 6.07) is 5.00. The van der Waals surface area contributed by atoms with Crippen molar-refractivity contribution in [2.75, 3.05) is 44.6 Å². The number of aryl methyl sites for hydroxylation is 1. The van der Waals surface area contributed by atoms with Gasteiger partial charge in [-0.1, -0.05) is 6.07 Å². The molecule has 1 aromatic carbocycles. The second kappa shape index (κ2) is 8.25. The molecule has 0 aromatic heterocycles. The van der Waals surface area contributed by atoms with Gasteiger partial charge in [-0.15, -0.1) is 0 Å². The molecular formula is C19H28FN3O2. The number of anilines is 1. The number of aliphatic hydroxyl groups excluding tert-OH is 1. The van der Waals surface area contributed by atoms with Gasteiger partial charge in [0.15, 0.2) is 0 Å². The number of halogens is 1. The van der Waals surface area contributed by atoms with Crippen LogP contribution in [0.2, 0.25) is 0 Å². The van der Waals surface area contributed by atoms with Gasteiger partial charge in [-0.2, -0.15) is 0 Å². The third kappa shape index (κ3) is 5.23. The minimum Gasteiger partial charge on any atom is -0.396 e. The van der Waals surface area contributed by atoms with Crippen molar-refractivity contribution < 1.29 is 14.3 Å². The van der Waals surface area contributed by atoms with Crippen LogP contribution < -0.4 is 5.32 Å². The van der Waals surface area contributed by atoms with Crippen LogP contribution in [-0.4, -0.2) is 66.2 Å². The minimum atomic E-state index is -0.411. The standard InChI is InChI=1S/C19H28FN3O2/c1-14-2-5-17(20)18(10-14)21-19(25)13-22-7-8-23(11-15-3-4-15)16(12-22)6-9-24/h2,5,10,15-16,24H,3-4,6-9,11-13H2,1H3,(H,21,25)/t16-/m0/s1. The van der Waals surface area contributed by atoms with Crippen LogP contribution in [-0.2, 0) is 4.79 Å². The molecule has 1 saturated heterocycles. The van der Waals surface area contributed by atoms with Crippen molar-refractivity contribution in [2.24, 2.45) is 5.92 Å². The topological polar surface area (TPSA) is 55.8 Å². The summed E-state index contributed by atoms with van der Waals surface area (Å²) >= 11 is 0. The van der Waals surface area contributed by atoms with Crippen LogP contribution in [0.4, 0.5) is 10.1 Å². The second-order valence-electron chi connectivity index (χ2n) is 7.37. The zero-order valence-corrected chi connectivity index (χ0v) is 14.9. The Balaban J connectivity index is 1.53. The minimum absolute atomic E-state index is 0.167. The lowest BCUT2D eigenvalue weighted by Crippen LogP contribution is -2.55. The molecule has 0 unspecified atom stereocenters. The van der Waals surface area contributed by atoms with Gasteiger partial charge in [0.05, 0.1) is 12.2 Å². The molecule has 1 amide bonds. The fourth-order valence-corrected chi connectivity index (χ4v) is 3.52. The average Bonchev–Trinajstić information content (AvgIpc) is 3.38. The Hall–Kier alpha value is -1.50. The average molecular weight is 349 g/mol. The molecule has 25 heavy (non-hydrogen) atoms. The quantitative estimate of drug-likeness (QED) is 0.789. The molecule has 2 fully saturated rings. The number of nitrogens with zero attached hydrogens (tertiary/aromatic N) is 2. The van der Waals surface area contributed by atoms with E-state index < -0.39 is 5.82 Å². The van der Waals surface area contributed by atoms with Gasteiger partial charge in [0.2, 0.25) is 5.91 Å². The van der Waals surface area contributed by atoms with E-state index in [2.05, 4.69) is 15.1 Å². The van der Waals surface area contributed by atoms with Crippen LogP contribution in [0, 0.1) is 18.7 Å². The molecule has 1 saturated carbocycles. The van der Waals surface area contributed by atoms with Crippen LogP contribution in [0.3, 0.4) is 0 Å². The summed E-state index contributed by atoms with van der Waals surface area (Å²) in [5.74, 6) is 0.217. The van der Waals surface area contributed by atoms with E-state index in [-0.39, 0.29) is 24.7 Å². The van der Waals surface area contributed by atoms with Crippen molar-refractivity contribution in [2.45, 2.75) is 32.2 Å². The van der Waals surface area contributed by atoms with Gasteiger partial charge in [0.1, 0.15) is 5.82 Å². The SMILES string of the molecule is Cc1ccc(F)c(NC(=O)CN2CCN(CC3CC3)[C@@H](CCO)C2)c1. The number of amides is 1. The summed E-state index contributed by atoms with van der Waals surface area (Å²) in [5, 5.41) is 12.0. The van der Waals surface area contributed by atoms with Crippen LogP contribution in [0.15, 0.2) is 18.2 Å². The van der Waals surface area contributed by atoms with Crippen LogP contribution in [0.5, 0.6) is 0 Å². The van der Waals surface area contributed by atoms with Crippen LogP contribution in [0.1, 0.15) is 24.8 Å². The van der Waals surface area contributed by atoms with Crippen molar-refractivity contribution in [1.29, 1.82) is 0 Å². The molecule has 3 rings (SSSR count). The monoisotopic (exact) mass is 349 g/mol. The third-order valence-corrected chi connectivity index (χ3v) is 5.10. The summed E-state index contributed by atoms with van der Waals surface area (Å²) in [7, 11) is 0. The molecule has 1 aliphatic heterocycles. The lowest BCUT2D eigenvalue weighted by atomic mass is 10.1. The molecule has 1 aromatic rings. The maximum atomic E-state index is 13.8. The van der Waals surface area contributed by atoms with E-state index in [1.807, 2.05) is 6.92 Å². The lowest BCUT2D eigenvalue weighted by molar-refractivity contribution is -0.118. The first kappa shape index (κ1) is 18.3. The zero-order valence-electron chi connectivity index (χ0n) is 14.9. The molecule has 0 spiro atoms. The van der Waals surface area contributed by atoms with Gasteiger partial charge in [-0.3, -0.25) is 14.6 Å². The molecule has 6 heteroatoms. The third-order valence-electron chi connectivity index (χ3n) is 5.10. The van der Waals surface area contributed by atoms with Crippen molar-refractivity contribution in [1.82, 2.24) is 9.80 Å². The maximum absolute atomic E-state index is 13.8. The highest BCUT2D eigenvalue weighted by atomic mass is 19.1. The van der Waals surface area contributed by atoms with E-state index in [0.717, 1.165) is 44.1 Å². The molecule has 1 atom stereocenters. The Morgan fingerprint density at radius 3 is 2.88 bits per heavy atom. The Morgan fingerprint density at radius 2 is 2.16 bits per heavy atom. The highest BCUT2D eigenvalue weighted by molar-refractivity contribution is 5.92. The first-order valence-electron chi connectivity index (χ1n) is 9.18. The molecule has 138 valence electrons. The molecule has 1 aliphatic carbocycles. The van der Waals surface area contributed by atoms with Crippen LogP contribution in [0.25, 0.3) is 0 Å². The Labute approximate surface area is 148 Å². The lowest BCUT2D eigenvalue weighted by Gasteiger charge is -2.41. The van der Waals surface area contributed by atoms with Crippen molar-refractivity contribution in [3.8, 4) is 0 Å². The van der Waals surface area contributed by atoms with Gasteiger partial charge in [0, 0.05) is 38.8 Å². The van der Waals surface area contributed by atoms with Crippen molar-refractivity contribution >= 4 is 11.6 Å².